The molecule has 0 radical (unpaired) electrons. The Labute approximate surface area is 83.4 Å². The molecule has 1 rings (SSSR count). The van der Waals surface area contributed by atoms with Gasteiger partial charge in [-0.3, -0.25) is 0 Å². The van der Waals surface area contributed by atoms with Crippen LogP contribution in [0.25, 0.3) is 0 Å². The number of nitrogens with one attached hydrogen (secondary N) is 1. The molecule has 1 aliphatic carbocycles. The van der Waals surface area contributed by atoms with E-state index in [1.807, 2.05) is 13.0 Å². The third-order valence-electron chi connectivity index (χ3n) is 2.30. The summed E-state index contributed by atoms with van der Waals surface area (Å²) in [6, 6.07) is 0.144. The summed E-state index contributed by atoms with van der Waals surface area (Å²) in [7, 11) is 0. The van der Waals surface area contributed by atoms with E-state index < -0.39 is 6.17 Å². The molecule has 2 atom stereocenters. The first-order valence-corrected chi connectivity index (χ1v) is 4.89. The van der Waals surface area contributed by atoms with E-state index in [-0.39, 0.29) is 6.04 Å². The van der Waals surface area contributed by atoms with Gasteiger partial charge < -0.3 is 11.1 Å². The first-order valence-electron chi connectivity index (χ1n) is 4.48. The molecular weight excluding hydrogens is 187 g/mol. The topological polar surface area (TPSA) is 38.0 Å². The second kappa shape index (κ2) is 4.56. The molecule has 0 aromatic carbocycles. The van der Waals surface area contributed by atoms with Gasteiger partial charge in [-0.1, -0.05) is 11.6 Å². The predicted molar refractivity (Wildman–Crippen MR) is 56.2 cm³/mol. The highest BCUT2D eigenvalue weighted by atomic mass is 32.1. The van der Waals surface area contributed by atoms with Crippen molar-refractivity contribution in [3.63, 3.8) is 0 Å². The van der Waals surface area contributed by atoms with Gasteiger partial charge in [-0.05, 0) is 38.4 Å². The van der Waals surface area contributed by atoms with Crippen LogP contribution in [-0.4, -0.2) is 17.3 Å². The van der Waals surface area contributed by atoms with Crippen LogP contribution in [0.2, 0.25) is 0 Å². The van der Waals surface area contributed by atoms with Gasteiger partial charge >= 0.3 is 0 Å². The van der Waals surface area contributed by atoms with Gasteiger partial charge in [0.2, 0.25) is 0 Å². The molecule has 0 aliphatic heterocycles. The Balaban J connectivity index is 2.47. The van der Waals surface area contributed by atoms with E-state index in [9.17, 15) is 4.39 Å². The number of nitrogens with two attached hydrogens (primary N) is 1. The molecule has 0 bridgehead atoms. The Morgan fingerprint density at radius 3 is 3.00 bits per heavy atom. The Bertz CT molecular complexity index is 228. The molecule has 2 unspecified atom stereocenters. The molecule has 0 heterocycles. The summed E-state index contributed by atoms with van der Waals surface area (Å²) in [6.07, 6.45) is 3.23. The van der Waals surface area contributed by atoms with Gasteiger partial charge in [-0.25, -0.2) is 4.39 Å². The lowest BCUT2D eigenvalue weighted by Crippen LogP contribution is -2.38. The zero-order valence-corrected chi connectivity index (χ0v) is 8.53. The molecule has 0 aromatic heterocycles. The fraction of sp³-hybridized carbons (Fsp3) is 0.667. The maximum absolute atomic E-state index is 12.8. The van der Waals surface area contributed by atoms with E-state index in [1.165, 1.54) is 5.57 Å². The minimum absolute atomic E-state index is 0.144. The molecule has 0 aromatic rings. The van der Waals surface area contributed by atoms with Crippen molar-refractivity contribution in [2.45, 2.75) is 38.4 Å². The smallest absolute Gasteiger partial charge is 0.164 e. The molecule has 2 nitrogen and oxygen atoms in total. The Hall–Kier alpha value is -0.640. The van der Waals surface area contributed by atoms with Crippen molar-refractivity contribution >= 4 is 17.3 Å². The lowest BCUT2D eigenvalue weighted by Gasteiger charge is -2.22. The number of alkyl halides is 1. The third-order valence-corrected chi connectivity index (χ3v) is 2.41. The highest BCUT2D eigenvalue weighted by Crippen LogP contribution is 2.22. The molecule has 1 aliphatic rings. The van der Waals surface area contributed by atoms with Crippen LogP contribution in [0, 0.1) is 0 Å². The molecule has 0 saturated carbocycles. The lowest BCUT2D eigenvalue weighted by molar-refractivity contribution is 0.304. The first-order chi connectivity index (χ1) is 6.09. The highest BCUT2D eigenvalue weighted by Gasteiger charge is 2.16. The molecule has 0 saturated heterocycles. The first kappa shape index (κ1) is 10.4. The minimum atomic E-state index is -0.666. The molecule has 0 fully saturated rings. The van der Waals surface area contributed by atoms with Gasteiger partial charge in [0.25, 0.3) is 0 Å². The maximum Gasteiger partial charge on any atom is 0.164 e. The number of rotatable bonds is 2. The van der Waals surface area contributed by atoms with Crippen LogP contribution in [0.3, 0.4) is 0 Å². The van der Waals surface area contributed by atoms with Crippen molar-refractivity contribution in [1.82, 2.24) is 5.32 Å². The van der Waals surface area contributed by atoms with Crippen molar-refractivity contribution in [2.24, 2.45) is 5.73 Å². The standard InChI is InChI=1S/C9H15FN2S/c1-6(12-9(11)13)7-2-4-8(10)5-3-7/h2,6,8H,3-5H2,1H3,(H3,11,12,13). The van der Waals surface area contributed by atoms with Crippen LogP contribution < -0.4 is 11.1 Å². The summed E-state index contributed by atoms with van der Waals surface area (Å²) in [4.78, 5) is 0. The van der Waals surface area contributed by atoms with Crippen LogP contribution in [0.1, 0.15) is 26.2 Å². The van der Waals surface area contributed by atoms with E-state index in [2.05, 4.69) is 5.32 Å². The summed E-state index contributed by atoms with van der Waals surface area (Å²) in [5.41, 5.74) is 6.56. The summed E-state index contributed by atoms with van der Waals surface area (Å²) in [5.74, 6) is 0. The van der Waals surface area contributed by atoms with Gasteiger partial charge in [-0.15, -0.1) is 0 Å². The van der Waals surface area contributed by atoms with Crippen molar-refractivity contribution in [1.29, 1.82) is 0 Å². The number of allylic oxidation sites excluding steroid dienone is 1. The maximum atomic E-state index is 12.8. The van der Waals surface area contributed by atoms with Crippen molar-refractivity contribution in [2.75, 3.05) is 0 Å². The highest BCUT2D eigenvalue weighted by molar-refractivity contribution is 7.80. The van der Waals surface area contributed by atoms with Crippen molar-refractivity contribution in [3.8, 4) is 0 Å². The molecule has 0 amide bonds. The van der Waals surface area contributed by atoms with E-state index >= 15 is 0 Å². The molecule has 0 spiro atoms. The van der Waals surface area contributed by atoms with Gasteiger partial charge in [0.05, 0.1) is 0 Å². The second-order valence-electron chi connectivity index (χ2n) is 3.38. The quantitative estimate of drug-likeness (QED) is 0.528. The van der Waals surface area contributed by atoms with E-state index in [1.54, 1.807) is 0 Å². The van der Waals surface area contributed by atoms with Gasteiger partial charge in [0.1, 0.15) is 6.17 Å². The summed E-state index contributed by atoms with van der Waals surface area (Å²) < 4.78 is 12.8. The number of thiocarbonyl (C=S) groups is 1. The van der Waals surface area contributed by atoms with Crippen LogP contribution in [0.15, 0.2) is 11.6 Å². The van der Waals surface area contributed by atoms with E-state index in [0.717, 1.165) is 6.42 Å². The average molecular weight is 202 g/mol. The fourth-order valence-electron chi connectivity index (χ4n) is 1.52. The van der Waals surface area contributed by atoms with Gasteiger partial charge in [0, 0.05) is 6.04 Å². The summed E-state index contributed by atoms with van der Waals surface area (Å²) in [6.45, 7) is 1.99. The second-order valence-corrected chi connectivity index (χ2v) is 3.82. The summed E-state index contributed by atoms with van der Waals surface area (Å²) >= 11 is 4.73. The largest absolute Gasteiger partial charge is 0.376 e. The van der Waals surface area contributed by atoms with E-state index in [4.69, 9.17) is 18.0 Å². The van der Waals surface area contributed by atoms with Crippen LogP contribution in [-0.2, 0) is 0 Å². The monoisotopic (exact) mass is 202 g/mol. The number of hydrogen-bond donors (Lipinski definition) is 2. The average Bonchev–Trinajstić information content (AvgIpc) is 2.04. The lowest BCUT2D eigenvalue weighted by atomic mass is 9.94. The zero-order chi connectivity index (χ0) is 9.84. The minimum Gasteiger partial charge on any atom is -0.376 e. The van der Waals surface area contributed by atoms with Crippen LogP contribution in [0.4, 0.5) is 4.39 Å². The molecule has 13 heavy (non-hydrogen) atoms. The van der Waals surface area contributed by atoms with Crippen molar-refractivity contribution in [3.05, 3.63) is 11.6 Å². The molecular formula is C9H15FN2S. The number of halogens is 1. The molecule has 3 N–H and O–H groups in total. The van der Waals surface area contributed by atoms with Crippen LogP contribution >= 0.6 is 12.2 Å². The normalized spacial score (nSPS) is 24.8. The van der Waals surface area contributed by atoms with Crippen molar-refractivity contribution < 1.29 is 4.39 Å². The zero-order valence-electron chi connectivity index (χ0n) is 7.72. The fourth-order valence-corrected chi connectivity index (χ4v) is 1.70. The van der Waals surface area contributed by atoms with Gasteiger partial charge in [0.15, 0.2) is 5.11 Å². The van der Waals surface area contributed by atoms with Gasteiger partial charge in [-0.2, -0.15) is 0 Å². The predicted octanol–water partition coefficient (Wildman–Crippen LogP) is 1.66. The summed E-state index contributed by atoms with van der Waals surface area (Å²) in [5, 5.41) is 3.25. The Kier molecular flexibility index (Phi) is 3.66. The SMILES string of the molecule is CC(NC(N)=S)C1=CCC(F)CC1. The molecule has 4 heteroatoms. The van der Waals surface area contributed by atoms with Crippen LogP contribution in [0.5, 0.6) is 0 Å². The third kappa shape index (κ3) is 3.30. The van der Waals surface area contributed by atoms with E-state index in [0.29, 0.717) is 18.0 Å². The Morgan fingerprint density at radius 1 is 1.85 bits per heavy atom. The Morgan fingerprint density at radius 2 is 2.54 bits per heavy atom. The number of hydrogen-bond acceptors (Lipinski definition) is 1. The molecule has 74 valence electrons.